The molecule has 18 heteroatoms. The lowest BCUT2D eigenvalue weighted by Gasteiger charge is -2.48. The molecule has 0 bridgehead atoms. The number of fused-ring (bicyclic) bond motifs is 1. The van der Waals surface area contributed by atoms with Gasteiger partial charge in [-0.25, -0.2) is 0 Å². The molecule has 5 rings (SSSR count). The van der Waals surface area contributed by atoms with Gasteiger partial charge >= 0.3 is 24.7 Å². The molecule has 0 aliphatic carbocycles. The van der Waals surface area contributed by atoms with Crippen molar-refractivity contribution in [2.24, 2.45) is 0 Å². The zero-order valence-electron chi connectivity index (χ0n) is 25.4. The number of rotatable bonds is 8. The van der Waals surface area contributed by atoms with Crippen LogP contribution in [0.1, 0.15) is 45.2 Å². The molecule has 274 valence electrons. The first kappa shape index (κ1) is 37.8. The minimum Gasteiger partial charge on any atom is -0.368 e. The summed E-state index contributed by atoms with van der Waals surface area (Å²) < 4.78 is 197. The molecule has 0 saturated carbocycles. The number of methoxy groups -OCH3 is 1. The Morgan fingerprint density at radius 2 is 1.04 bits per heavy atom. The minimum atomic E-state index is -5.17. The van der Waals surface area contributed by atoms with Crippen LogP contribution < -0.4 is 0 Å². The van der Waals surface area contributed by atoms with E-state index in [1.807, 2.05) is 0 Å². The maximum Gasteiger partial charge on any atom is 0.416 e. The highest BCUT2D eigenvalue weighted by atomic mass is 19.4. The Bertz CT molecular complexity index is 1540. The first-order chi connectivity index (χ1) is 23.2. The van der Waals surface area contributed by atoms with Gasteiger partial charge in [0, 0.05) is 12.7 Å². The van der Waals surface area contributed by atoms with Gasteiger partial charge in [-0.3, -0.25) is 0 Å². The van der Waals surface area contributed by atoms with Crippen molar-refractivity contribution in [3.63, 3.8) is 0 Å². The van der Waals surface area contributed by atoms with Gasteiger partial charge in [-0.05, 0) is 47.5 Å². The van der Waals surface area contributed by atoms with Gasteiger partial charge < -0.3 is 28.4 Å². The largest absolute Gasteiger partial charge is 0.416 e. The molecule has 6 atom stereocenters. The maximum absolute atomic E-state index is 13.5. The minimum absolute atomic E-state index is 0.0723. The number of hydrogen-bond acceptors (Lipinski definition) is 6. The summed E-state index contributed by atoms with van der Waals surface area (Å²) >= 11 is 0. The van der Waals surface area contributed by atoms with Crippen LogP contribution in [0.4, 0.5) is 52.7 Å². The quantitative estimate of drug-likeness (QED) is 0.216. The molecule has 2 fully saturated rings. The topological polar surface area (TPSA) is 55.4 Å². The molecule has 0 spiro atoms. The van der Waals surface area contributed by atoms with Gasteiger partial charge in [-0.15, -0.1) is 0 Å². The van der Waals surface area contributed by atoms with Gasteiger partial charge in [0.15, 0.2) is 12.6 Å². The maximum atomic E-state index is 13.5. The van der Waals surface area contributed by atoms with Gasteiger partial charge in [0.25, 0.3) is 0 Å². The fraction of sp³-hybridized carbons (Fsp3) is 0.438. The first-order valence-corrected chi connectivity index (χ1v) is 14.5. The number of halogens is 12. The van der Waals surface area contributed by atoms with Crippen molar-refractivity contribution in [3.05, 3.63) is 106 Å². The van der Waals surface area contributed by atoms with Crippen molar-refractivity contribution in [2.45, 2.75) is 74.9 Å². The van der Waals surface area contributed by atoms with E-state index in [-0.39, 0.29) is 18.7 Å². The van der Waals surface area contributed by atoms with E-state index in [2.05, 4.69) is 0 Å². The van der Waals surface area contributed by atoms with E-state index in [0.717, 1.165) is 7.11 Å². The lowest BCUT2D eigenvalue weighted by Crippen LogP contribution is -2.63. The van der Waals surface area contributed by atoms with Crippen LogP contribution in [0.3, 0.4) is 0 Å². The monoisotopic (exact) mass is 734 g/mol. The van der Waals surface area contributed by atoms with Gasteiger partial charge in [0.1, 0.15) is 24.4 Å². The number of alkyl halides is 12. The average molecular weight is 735 g/mol. The second-order valence-electron chi connectivity index (χ2n) is 11.3. The van der Waals surface area contributed by atoms with Crippen LogP contribution in [-0.2, 0) is 66.3 Å². The summed E-state index contributed by atoms with van der Waals surface area (Å²) in [5.74, 6) is 0. The van der Waals surface area contributed by atoms with E-state index in [1.165, 1.54) is 0 Å². The van der Waals surface area contributed by atoms with E-state index in [4.69, 9.17) is 28.4 Å². The Labute approximate surface area is 275 Å². The molecule has 0 radical (unpaired) electrons. The van der Waals surface area contributed by atoms with Crippen molar-refractivity contribution in [1.82, 2.24) is 0 Å². The molecule has 1 unspecified atom stereocenters. The Morgan fingerprint density at radius 1 is 0.600 bits per heavy atom. The first-order valence-electron chi connectivity index (χ1n) is 14.5. The average Bonchev–Trinajstić information content (AvgIpc) is 3.04. The fourth-order valence-corrected chi connectivity index (χ4v) is 5.47. The number of ether oxygens (including phenoxy) is 6. The van der Waals surface area contributed by atoms with Gasteiger partial charge in [-0.1, -0.05) is 30.3 Å². The van der Waals surface area contributed by atoms with Crippen molar-refractivity contribution in [2.75, 3.05) is 13.7 Å². The zero-order valence-corrected chi connectivity index (χ0v) is 25.4. The molecule has 2 aliphatic heterocycles. The highest BCUT2D eigenvalue weighted by molar-refractivity contribution is 5.34. The molecular weight excluding hydrogens is 708 g/mol. The summed E-state index contributed by atoms with van der Waals surface area (Å²) in [5.41, 5.74) is -7.12. The van der Waals surface area contributed by atoms with E-state index < -0.39 is 108 Å². The van der Waals surface area contributed by atoms with Gasteiger partial charge in [0.2, 0.25) is 0 Å². The van der Waals surface area contributed by atoms with E-state index in [1.54, 1.807) is 30.3 Å². The highest BCUT2D eigenvalue weighted by Gasteiger charge is 2.52. The van der Waals surface area contributed by atoms with Crippen LogP contribution in [-0.4, -0.2) is 44.4 Å². The summed E-state index contributed by atoms with van der Waals surface area (Å²) in [6.45, 7) is -2.02. The van der Waals surface area contributed by atoms with Crippen LogP contribution in [0.15, 0.2) is 66.7 Å². The third-order valence-corrected chi connectivity index (χ3v) is 7.77. The lowest BCUT2D eigenvalue weighted by atomic mass is 9.96. The Kier molecular flexibility index (Phi) is 10.8. The van der Waals surface area contributed by atoms with Crippen LogP contribution in [0.2, 0.25) is 0 Å². The summed E-state index contributed by atoms with van der Waals surface area (Å²) in [7, 11) is 1.12. The molecule has 6 nitrogen and oxygen atoms in total. The second kappa shape index (κ2) is 14.3. The summed E-state index contributed by atoms with van der Waals surface area (Å²) in [6.07, 6.45) is -28.6. The molecule has 0 N–H and O–H groups in total. The van der Waals surface area contributed by atoms with Crippen LogP contribution in [0, 0.1) is 0 Å². The zero-order chi connectivity index (χ0) is 36.6. The molecule has 2 saturated heterocycles. The molecular formula is C32H26F12O6. The second-order valence-corrected chi connectivity index (χ2v) is 11.3. The molecule has 2 heterocycles. The Balaban J connectivity index is 1.50. The number of hydrogen-bond donors (Lipinski definition) is 0. The molecule has 0 amide bonds. The number of benzene rings is 3. The predicted molar refractivity (Wildman–Crippen MR) is 146 cm³/mol. The lowest BCUT2D eigenvalue weighted by molar-refractivity contribution is -0.369. The van der Waals surface area contributed by atoms with Gasteiger partial charge in [0.05, 0.1) is 42.1 Å². The van der Waals surface area contributed by atoms with E-state index >= 15 is 0 Å². The molecule has 50 heavy (non-hydrogen) atoms. The summed E-state index contributed by atoms with van der Waals surface area (Å²) in [5, 5.41) is 0. The molecule has 0 aromatic heterocycles. The van der Waals surface area contributed by atoms with E-state index in [0.29, 0.717) is 29.8 Å². The standard InChI is InChI=1S/C32H26F12O6/c1-45-28-26(47-14-17-9-21(31(39,40)41)12-22(10-17)32(42,43)44)25(24-23(49-28)15-48-27(50-24)18-5-3-2-4-6-18)46-13-16-7-19(29(33,34)35)11-20(8-16)30(36,37)38/h2-12,23-28H,13-15H2,1H3/t23-,24-,25+,26-,27?,28+/m1/s1. The highest BCUT2D eigenvalue weighted by Crippen LogP contribution is 2.41. The molecule has 3 aromatic rings. The van der Waals surface area contributed by atoms with Crippen molar-refractivity contribution in [3.8, 4) is 0 Å². The Hall–Kier alpha value is -3.42. The smallest absolute Gasteiger partial charge is 0.368 e. The third kappa shape index (κ3) is 8.89. The third-order valence-electron chi connectivity index (χ3n) is 7.77. The summed E-state index contributed by atoms with van der Waals surface area (Å²) in [4.78, 5) is 0. The van der Waals surface area contributed by atoms with Crippen molar-refractivity contribution < 1.29 is 81.1 Å². The van der Waals surface area contributed by atoms with Crippen LogP contribution in [0.5, 0.6) is 0 Å². The Morgan fingerprint density at radius 3 is 1.46 bits per heavy atom. The van der Waals surface area contributed by atoms with E-state index in [9.17, 15) is 52.7 Å². The molecule has 2 aliphatic rings. The van der Waals surface area contributed by atoms with Gasteiger partial charge in [-0.2, -0.15) is 52.7 Å². The van der Waals surface area contributed by atoms with Crippen molar-refractivity contribution >= 4 is 0 Å². The SMILES string of the molecule is CO[C@H]1O[C@@H]2COC(c3ccccc3)O[C@H]2[C@H](OCc2cc(C(F)(F)F)cc(C(F)(F)F)c2)[C@H]1OCc1cc(C(F)(F)F)cc(C(F)(F)F)c1. The van der Waals surface area contributed by atoms with Crippen molar-refractivity contribution in [1.29, 1.82) is 0 Å². The van der Waals surface area contributed by atoms with Crippen LogP contribution in [0.25, 0.3) is 0 Å². The normalized spacial score (nSPS) is 25.0. The fourth-order valence-electron chi connectivity index (χ4n) is 5.47. The molecule has 3 aromatic carbocycles. The predicted octanol–water partition coefficient (Wildman–Crippen LogP) is 8.72. The van der Waals surface area contributed by atoms with Crippen LogP contribution >= 0.6 is 0 Å². The summed E-state index contributed by atoms with van der Waals surface area (Å²) in [6, 6.07) is 9.85.